The average Bonchev–Trinajstić information content (AvgIpc) is 3.22. The number of ether oxygens (including phenoxy) is 1. The molecule has 35 heavy (non-hydrogen) atoms. The van der Waals surface area contributed by atoms with Crippen LogP contribution in [0.3, 0.4) is 0 Å². The van der Waals surface area contributed by atoms with Gasteiger partial charge in [-0.3, -0.25) is 9.36 Å². The van der Waals surface area contributed by atoms with E-state index < -0.39 is 0 Å². The van der Waals surface area contributed by atoms with Gasteiger partial charge in [0.15, 0.2) is 4.80 Å². The summed E-state index contributed by atoms with van der Waals surface area (Å²) in [6.45, 7) is 0. The first-order chi connectivity index (χ1) is 17.2. The topological polar surface area (TPSA) is 43.6 Å². The minimum atomic E-state index is -0.180. The van der Waals surface area contributed by atoms with Crippen LogP contribution in [0.25, 0.3) is 17.8 Å². The van der Waals surface area contributed by atoms with Crippen LogP contribution in [-0.4, -0.2) is 11.7 Å². The Morgan fingerprint density at radius 1 is 0.971 bits per heavy atom. The number of aromatic nitrogens is 1. The van der Waals surface area contributed by atoms with Gasteiger partial charge in [0.05, 0.1) is 23.4 Å². The van der Waals surface area contributed by atoms with Gasteiger partial charge in [-0.2, -0.15) is 0 Å². The molecule has 0 saturated carbocycles. The molecule has 0 amide bonds. The second kappa shape index (κ2) is 9.01. The largest absolute Gasteiger partial charge is 0.497 e. The van der Waals surface area contributed by atoms with Gasteiger partial charge in [0.1, 0.15) is 5.75 Å². The van der Waals surface area contributed by atoms with Crippen LogP contribution in [-0.2, 0) is 6.42 Å². The molecule has 2 heterocycles. The number of nitrogens with zero attached hydrogens (tertiary/aromatic N) is 2. The second-order valence-electron chi connectivity index (χ2n) is 8.68. The van der Waals surface area contributed by atoms with Crippen LogP contribution in [0.2, 0.25) is 0 Å². The van der Waals surface area contributed by atoms with Crippen molar-refractivity contribution in [3.8, 4) is 5.75 Å². The van der Waals surface area contributed by atoms with Crippen molar-refractivity contribution in [2.24, 2.45) is 4.99 Å². The van der Waals surface area contributed by atoms with E-state index in [9.17, 15) is 4.79 Å². The SMILES string of the molecule is COc1ccc([C@@H]2C3=C(N=c4s/c(=C\C=C\c5ccccc5)c(=O)n42)c2ccccc2CC3)cc1. The van der Waals surface area contributed by atoms with Crippen molar-refractivity contribution in [2.75, 3.05) is 7.11 Å². The first kappa shape index (κ1) is 21.6. The van der Waals surface area contributed by atoms with E-state index in [1.807, 2.05) is 65.3 Å². The molecule has 6 rings (SSSR count). The third-order valence-electron chi connectivity index (χ3n) is 6.64. The summed E-state index contributed by atoms with van der Waals surface area (Å²) in [6, 6.07) is 26.4. The number of hydrogen-bond acceptors (Lipinski definition) is 4. The van der Waals surface area contributed by atoms with Gasteiger partial charge in [-0.15, -0.1) is 0 Å². The predicted octanol–water partition coefficient (Wildman–Crippen LogP) is 4.99. The summed E-state index contributed by atoms with van der Waals surface area (Å²) in [7, 11) is 1.67. The van der Waals surface area contributed by atoms with Crippen molar-refractivity contribution in [1.82, 2.24) is 4.57 Å². The molecule has 1 aliphatic carbocycles. The monoisotopic (exact) mass is 476 g/mol. The first-order valence-electron chi connectivity index (χ1n) is 11.7. The van der Waals surface area contributed by atoms with E-state index in [2.05, 4.69) is 36.4 Å². The smallest absolute Gasteiger partial charge is 0.271 e. The molecule has 1 aromatic heterocycles. The number of fused-ring (bicyclic) bond motifs is 3. The number of allylic oxidation sites excluding steroid dienone is 2. The van der Waals surface area contributed by atoms with Gasteiger partial charge in [0, 0.05) is 5.56 Å². The Labute approximate surface area is 207 Å². The molecule has 172 valence electrons. The van der Waals surface area contributed by atoms with Crippen molar-refractivity contribution in [3.63, 3.8) is 0 Å². The summed E-state index contributed by atoms with van der Waals surface area (Å²) in [5.41, 5.74) is 6.87. The highest BCUT2D eigenvalue weighted by molar-refractivity contribution is 7.07. The van der Waals surface area contributed by atoms with E-state index >= 15 is 0 Å². The summed E-state index contributed by atoms with van der Waals surface area (Å²) in [4.78, 5) is 19.5. The number of hydrogen-bond donors (Lipinski definition) is 0. The van der Waals surface area contributed by atoms with E-state index in [1.54, 1.807) is 7.11 Å². The molecule has 0 fully saturated rings. The fraction of sp³-hybridized carbons (Fsp3) is 0.133. The lowest BCUT2D eigenvalue weighted by Crippen LogP contribution is -2.38. The van der Waals surface area contributed by atoms with Crippen LogP contribution in [0.1, 0.15) is 34.7 Å². The molecule has 0 unspecified atom stereocenters. The standard InChI is InChI=1S/C30H24N2O2S/c1-34-23-17-14-22(15-18-23)28-25-19-16-21-11-5-6-12-24(21)27(25)31-30-32(28)29(33)26(35-30)13-7-10-20-8-3-2-4-9-20/h2-15,17-18,28H,16,19H2,1H3/b10-7+,26-13-/t28-/m1/s1. The zero-order valence-corrected chi connectivity index (χ0v) is 20.2. The van der Waals surface area contributed by atoms with Crippen molar-refractivity contribution < 1.29 is 4.74 Å². The summed E-state index contributed by atoms with van der Waals surface area (Å²) in [6.07, 6.45) is 7.68. The van der Waals surface area contributed by atoms with Crippen molar-refractivity contribution >= 4 is 29.2 Å². The van der Waals surface area contributed by atoms with Gasteiger partial charge in [-0.25, -0.2) is 4.99 Å². The number of methoxy groups -OCH3 is 1. The van der Waals surface area contributed by atoms with Gasteiger partial charge in [-0.1, -0.05) is 90.2 Å². The molecule has 0 radical (unpaired) electrons. The fourth-order valence-electron chi connectivity index (χ4n) is 4.93. The van der Waals surface area contributed by atoms with Crippen LogP contribution in [0.5, 0.6) is 5.75 Å². The molecule has 0 N–H and O–H groups in total. The molecule has 0 spiro atoms. The normalized spacial score (nSPS) is 17.1. The Hall–Kier alpha value is -3.96. The minimum absolute atomic E-state index is 0.00214. The maximum atomic E-state index is 13.7. The molecule has 5 heteroatoms. The second-order valence-corrected chi connectivity index (χ2v) is 9.69. The molecule has 2 aliphatic rings. The third-order valence-corrected chi connectivity index (χ3v) is 7.64. The summed E-state index contributed by atoms with van der Waals surface area (Å²) in [5.74, 6) is 0.801. The Morgan fingerprint density at radius 3 is 2.54 bits per heavy atom. The Kier molecular flexibility index (Phi) is 5.55. The van der Waals surface area contributed by atoms with Crippen molar-refractivity contribution in [2.45, 2.75) is 18.9 Å². The van der Waals surface area contributed by atoms with E-state index in [4.69, 9.17) is 9.73 Å². The molecular formula is C30H24N2O2S. The average molecular weight is 477 g/mol. The highest BCUT2D eigenvalue weighted by atomic mass is 32.1. The molecule has 1 aliphatic heterocycles. The summed E-state index contributed by atoms with van der Waals surface area (Å²) < 4.78 is 7.94. The molecule has 4 aromatic rings. The van der Waals surface area contributed by atoms with Gasteiger partial charge >= 0.3 is 0 Å². The summed E-state index contributed by atoms with van der Waals surface area (Å²) in [5, 5.41) is 0. The van der Waals surface area contributed by atoms with Gasteiger partial charge in [0.2, 0.25) is 0 Å². The van der Waals surface area contributed by atoms with E-state index in [0.29, 0.717) is 4.53 Å². The van der Waals surface area contributed by atoms with Gasteiger partial charge in [0.25, 0.3) is 5.56 Å². The molecular weight excluding hydrogens is 452 g/mol. The zero-order valence-electron chi connectivity index (χ0n) is 19.3. The van der Waals surface area contributed by atoms with Crippen LogP contribution in [0, 0.1) is 0 Å². The number of thiazole rings is 1. The number of benzene rings is 3. The van der Waals surface area contributed by atoms with E-state index in [0.717, 1.165) is 40.2 Å². The lowest BCUT2D eigenvalue weighted by molar-refractivity contribution is 0.414. The van der Waals surface area contributed by atoms with Crippen molar-refractivity contribution in [3.05, 3.63) is 132 Å². The Bertz CT molecular complexity index is 1640. The summed E-state index contributed by atoms with van der Waals surface area (Å²) >= 11 is 1.45. The highest BCUT2D eigenvalue weighted by Crippen LogP contribution is 2.41. The quantitative estimate of drug-likeness (QED) is 0.416. The Morgan fingerprint density at radius 2 is 1.74 bits per heavy atom. The Balaban J connectivity index is 1.53. The van der Waals surface area contributed by atoms with Gasteiger partial charge in [-0.05, 0) is 53.3 Å². The maximum Gasteiger partial charge on any atom is 0.271 e. The lowest BCUT2D eigenvalue weighted by atomic mass is 9.83. The zero-order chi connectivity index (χ0) is 23.8. The first-order valence-corrected chi connectivity index (χ1v) is 12.5. The van der Waals surface area contributed by atoms with E-state index in [-0.39, 0.29) is 11.6 Å². The molecule has 0 bridgehead atoms. The van der Waals surface area contributed by atoms with Crippen molar-refractivity contribution in [1.29, 1.82) is 0 Å². The molecule has 1 atom stereocenters. The predicted molar refractivity (Wildman–Crippen MR) is 142 cm³/mol. The molecule has 3 aromatic carbocycles. The third kappa shape index (κ3) is 3.88. The maximum absolute atomic E-state index is 13.7. The van der Waals surface area contributed by atoms with Crippen LogP contribution >= 0.6 is 11.3 Å². The molecule has 0 saturated heterocycles. The fourth-order valence-corrected chi connectivity index (χ4v) is 5.89. The number of aryl methyl sites for hydroxylation is 1. The number of rotatable bonds is 4. The minimum Gasteiger partial charge on any atom is -0.497 e. The molecule has 4 nitrogen and oxygen atoms in total. The van der Waals surface area contributed by atoms with Crippen LogP contribution in [0.15, 0.2) is 100 Å². The van der Waals surface area contributed by atoms with Crippen LogP contribution in [0.4, 0.5) is 0 Å². The van der Waals surface area contributed by atoms with E-state index in [1.165, 1.54) is 28.0 Å². The lowest BCUT2D eigenvalue weighted by Gasteiger charge is -2.30. The van der Waals surface area contributed by atoms with Gasteiger partial charge < -0.3 is 4.74 Å². The highest BCUT2D eigenvalue weighted by Gasteiger charge is 2.32. The van der Waals surface area contributed by atoms with Crippen LogP contribution < -0.4 is 19.6 Å².